The molecule has 0 aromatic heterocycles. The molecule has 0 saturated heterocycles. The van der Waals surface area contributed by atoms with E-state index in [-0.39, 0.29) is 16.7 Å². The molecule has 5 rings (SSSR count). The highest BCUT2D eigenvalue weighted by atomic mass is 35.5. The number of anilines is 1. The number of Topliss-reactive ketones (excluding diaryl/α,β-unsaturated/α-hetero) is 1. The maximum atomic E-state index is 13.3. The lowest BCUT2D eigenvalue weighted by Gasteiger charge is -2.18. The van der Waals surface area contributed by atoms with E-state index in [1.54, 1.807) is 66.7 Å². The van der Waals surface area contributed by atoms with Crippen LogP contribution < -0.4 is 4.90 Å². The molecule has 1 atom stereocenters. The number of rotatable bonds is 6. The molecule has 2 amide bonds. The summed E-state index contributed by atoms with van der Waals surface area (Å²) < 4.78 is 5.70. The Labute approximate surface area is 224 Å². The summed E-state index contributed by atoms with van der Waals surface area (Å²) in [6.07, 6.45) is -1.24. The van der Waals surface area contributed by atoms with Crippen LogP contribution in [-0.2, 0) is 4.74 Å². The van der Waals surface area contributed by atoms with Crippen LogP contribution in [0, 0.1) is 13.8 Å². The van der Waals surface area contributed by atoms with E-state index in [1.165, 1.54) is 18.2 Å². The van der Waals surface area contributed by atoms with Gasteiger partial charge in [-0.2, -0.15) is 0 Å². The second-order valence-electron chi connectivity index (χ2n) is 9.04. The Bertz CT molecular complexity index is 1590. The quantitative estimate of drug-likeness (QED) is 0.163. The fourth-order valence-electron chi connectivity index (χ4n) is 4.31. The minimum absolute atomic E-state index is 0.0478. The number of imide groups is 1. The first-order valence-electron chi connectivity index (χ1n) is 11.9. The third-order valence-electron chi connectivity index (χ3n) is 6.57. The number of hydrogen-bond acceptors (Lipinski definition) is 5. The molecule has 1 aliphatic rings. The van der Waals surface area contributed by atoms with Crippen LogP contribution >= 0.6 is 11.6 Å². The first kappa shape index (κ1) is 25.1. The van der Waals surface area contributed by atoms with Crippen LogP contribution in [0.25, 0.3) is 0 Å². The van der Waals surface area contributed by atoms with E-state index >= 15 is 0 Å². The molecule has 1 aliphatic heterocycles. The number of ether oxygens (including phenoxy) is 1. The van der Waals surface area contributed by atoms with Gasteiger partial charge in [-0.3, -0.25) is 14.4 Å². The predicted octanol–water partition coefficient (Wildman–Crippen LogP) is 6.54. The summed E-state index contributed by atoms with van der Waals surface area (Å²) in [6, 6.07) is 24.5. The molecule has 0 aliphatic carbocycles. The van der Waals surface area contributed by atoms with Crippen LogP contribution in [0.15, 0.2) is 91.0 Å². The molecule has 38 heavy (non-hydrogen) atoms. The highest BCUT2D eigenvalue weighted by molar-refractivity contribution is 6.34. The average Bonchev–Trinajstić information content (AvgIpc) is 3.18. The first-order chi connectivity index (χ1) is 18.2. The average molecular weight is 524 g/mol. The van der Waals surface area contributed by atoms with Gasteiger partial charge in [0.25, 0.3) is 11.8 Å². The van der Waals surface area contributed by atoms with Crippen molar-refractivity contribution in [1.29, 1.82) is 0 Å². The summed E-state index contributed by atoms with van der Waals surface area (Å²) in [7, 11) is 0. The molecule has 4 aromatic carbocycles. The van der Waals surface area contributed by atoms with Gasteiger partial charge in [0.2, 0.25) is 5.78 Å². The van der Waals surface area contributed by atoms with Crippen molar-refractivity contribution in [2.24, 2.45) is 0 Å². The van der Waals surface area contributed by atoms with E-state index in [1.807, 2.05) is 19.9 Å². The van der Waals surface area contributed by atoms with Gasteiger partial charge in [-0.15, -0.1) is 0 Å². The summed E-state index contributed by atoms with van der Waals surface area (Å²) >= 11 is 6.01. The maximum Gasteiger partial charge on any atom is 0.339 e. The van der Waals surface area contributed by atoms with Crippen LogP contribution in [0.4, 0.5) is 5.69 Å². The number of ketones is 1. The zero-order chi connectivity index (χ0) is 27.0. The van der Waals surface area contributed by atoms with Crippen LogP contribution in [-0.4, -0.2) is 23.6 Å². The number of esters is 1. The van der Waals surface area contributed by atoms with Gasteiger partial charge < -0.3 is 4.74 Å². The molecule has 0 unspecified atom stereocenters. The summed E-state index contributed by atoms with van der Waals surface area (Å²) in [6.45, 7) is 3.85. The lowest BCUT2D eigenvalue weighted by Crippen LogP contribution is -2.29. The van der Waals surface area contributed by atoms with Crippen LogP contribution in [0.1, 0.15) is 64.2 Å². The number of carbonyl (C=O) groups excluding carboxylic acids is 4. The largest absolute Gasteiger partial charge is 0.445 e. The van der Waals surface area contributed by atoms with Crippen molar-refractivity contribution in [3.8, 4) is 0 Å². The molecule has 188 valence electrons. The highest BCUT2D eigenvalue weighted by Gasteiger charge is 2.38. The Hall–Kier alpha value is -4.55. The van der Waals surface area contributed by atoms with Crippen molar-refractivity contribution in [3.63, 3.8) is 0 Å². The van der Waals surface area contributed by atoms with E-state index in [4.69, 9.17) is 16.3 Å². The van der Waals surface area contributed by atoms with Crippen LogP contribution in [0.5, 0.6) is 0 Å². The summed E-state index contributed by atoms with van der Waals surface area (Å²) in [5, 5.41) is 0.473. The molecule has 0 N–H and O–H groups in total. The van der Waals surface area contributed by atoms with Gasteiger partial charge in [-0.1, -0.05) is 60.1 Å². The topological polar surface area (TPSA) is 80.8 Å². The molecule has 1 heterocycles. The van der Waals surface area contributed by atoms with Gasteiger partial charge in [0.15, 0.2) is 6.10 Å². The third-order valence-corrected chi connectivity index (χ3v) is 6.82. The fraction of sp³-hybridized carbons (Fsp3) is 0.0968. The fourth-order valence-corrected chi connectivity index (χ4v) is 4.43. The van der Waals surface area contributed by atoms with Crippen LogP contribution in [0.3, 0.4) is 0 Å². The molecule has 4 aromatic rings. The number of halogens is 1. The molecule has 0 fully saturated rings. The third kappa shape index (κ3) is 4.62. The molecule has 0 spiro atoms. The summed E-state index contributed by atoms with van der Waals surface area (Å²) in [5.74, 6) is -2.21. The van der Waals surface area contributed by atoms with E-state index in [2.05, 4.69) is 0 Å². The highest BCUT2D eigenvalue weighted by Crippen LogP contribution is 2.31. The van der Waals surface area contributed by atoms with Crippen molar-refractivity contribution in [3.05, 3.63) is 135 Å². The Kier molecular flexibility index (Phi) is 6.66. The number of hydrogen-bond donors (Lipinski definition) is 0. The van der Waals surface area contributed by atoms with Gasteiger partial charge in [0.05, 0.1) is 22.4 Å². The second-order valence-corrected chi connectivity index (χ2v) is 9.48. The number of aryl methyl sites for hydroxylation is 2. The minimum atomic E-state index is -1.24. The second kappa shape index (κ2) is 10.1. The minimum Gasteiger partial charge on any atom is -0.445 e. The molecule has 0 bridgehead atoms. The van der Waals surface area contributed by atoms with Crippen molar-refractivity contribution in [1.82, 2.24) is 0 Å². The zero-order valence-electron chi connectivity index (χ0n) is 20.6. The van der Waals surface area contributed by atoms with E-state index in [0.29, 0.717) is 21.8 Å². The van der Waals surface area contributed by atoms with E-state index in [0.717, 1.165) is 16.0 Å². The summed E-state index contributed by atoms with van der Waals surface area (Å²) in [4.78, 5) is 53.9. The SMILES string of the molecule is Cc1ccc(N2C(=O)c3ccc(C(=O)O[C@@H](C(=O)c4ccccc4)c4ccc(Cl)cc4)cc3C2=O)cc1C. The van der Waals surface area contributed by atoms with Crippen molar-refractivity contribution < 1.29 is 23.9 Å². The van der Waals surface area contributed by atoms with Crippen molar-refractivity contribution in [2.75, 3.05) is 4.90 Å². The number of carbonyl (C=O) groups is 4. The molecule has 6 nitrogen and oxygen atoms in total. The smallest absolute Gasteiger partial charge is 0.339 e. The molecule has 0 saturated carbocycles. The molecular weight excluding hydrogens is 502 g/mol. The Morgan fingerprint density at radius 2 is 1.42 bits per heavy atom. The van der Waals surface area contributed by atoms with Gasteiger partial charge in [-0.25, -0.2) is 9.69 Å². The monoisotopic (exact) mass is 523 g/mol. The van der Waals surface area contributed by atoms with Crippen molar-refractivity contribution >= 4 is 40.9 Å². The van der Waals surface area contributed by atoms with Crippen LogP contribution in [0.2, 0.25) is 5.02 Å². The standard InChI is InChI=1S/C31H22ClNO5/c1-18-8-14-24(16-19(18)2)33-29(35)25-15-11-22(17-26(25)30(33)36)31(37)38-28(21-9-12-23(32)13-10-21)27(34)20-6-4-3-5-7-20/h3-17,28H,1-2H3/t28-/m1/s1. The van der Waals surface area contributed by atoms with Crippen molar-refractivity contribution in [2.45, 2.75) is 20.0 Å². The normalized spacial score (nSPS) is 13.3. The molecule has 7 heteroatoms. The zero-order valence-corrected chi connectivity index (χ0v) is 21.4. The van der Waals surface area contributed by atoms with Gasteiger partial charge in [0, 0.05) is 16.1 Å². The Morgan fingerprint density at radius 3 is 2.11 bits per heavy atom. The summed E-state index contributed by atoms with van der Waals surface area (Å²) in [5.41, 5.74) is 3.60. The number of fused-ring (bicyclic) bond motifs is 1. The lowest BCUT2D eigenvalue weighted by atomic mass is 9.99. The Morgan fingerprint density at radius 1 is 0.737 bits per heavy atom. The van der Waals surface area contributed by atoms with E-state index in [9.17, 15) is 19.2 Å². The number of nitrogens with zero attached hydrogens (tertiary/aromatic N) is 1. The van der Waals surface area contributed by atoms with Gasteiger partial charge >= 0.3 is 5.97 Å². The first-order valence-corrected chi connectivity index (χ1v) is 12.3. The van der Waals surface area contributed by atoms with Gasteiger partial charge in [0.1, 0.15) is 0 Å². The predicted molar refractivity (Wildman–Crippen MR) is 144 cm³/mol. The number of amides is 2. The number of benzene rings is 4. The molecular formula is C31H22ClNO5. The maximum absolute atomic E-state index is 13.3. The van der Waals surface area contributed by atoms with E-state index < -0.39 is 29.7 Å². The van der Waals surface area contributed by atoms with Gasteiger partial charge in [-0.05, 0) is 67.4 Å². The molecule has 0 radical (unpaired) electrons. The Balaban J connectivity index is 1.45. The lowest BCUT2D eigenvalue weighted by molar-refractivity contribution is 0.0280.